The molecule has 1 aliphatic heterocycles. The standard InChI is InChI=1S/C11H13FO2/c1-7(13)6-8-2-3-10-9(11(8)12)4-5-14-10/h2-3,7,13H,4-6H2,1H3. The summed E-state index contributed by atoms with van der Waals surface area (Å²) in [6.07, 6.45) is 0.485. The van der Waals surface area contributed by atoms with E-state index in [0.29, 0.717) is 36.3 Å². The summed E-state index contributed by atoms with van der Waals surface area (Å²) >= 11 is 0. The molecule has 0 spiro atoms. The Bertz CT molecular complexity index is 347. The molecule has 0 amide bonds. The van der Waals surface area contributed by atoms with E-state index in [1.165, 1.54) is 0 Å². The Labute approximate surface area is 82.3 Å². The maximum Gasteiger partial charge on any atom is 0.133 e. The van der Waals surface area contributed by atoms with Crippen molar-refractivity contribution in [1.29, 1.82) is 0 Å². The first-order valence-electron chi connectivity index (χ1n) is 4.79. The molecule has 1 aliphatic rings. The van der Waals surface area contributed by atoms with Gasteiger partial charge in [0.05, 0.1) is 12.7 Å². The van der Waals surface area contributed by atoms with Gasteiger partial charge in [0.2, 0.25) is 0 Å². The second-order valence-electron chi connectivity index (χ2n) is 3.67. The zero-order valence-electron chi connectivity index (χ0n) is 8.09. The maximum absolute atomic E-state index is 13.7. The van der Waals surface area contributed by atoms with E-state index in [4.69, 9.17) is 4.74 Å². The third-order valence-corrected chi connectivity index (χ3v) is 2.41. The summed E-state index contributed by atoms with van der Waals surface area (Å²) in [6, 6.07) is 3.47. The molecule has 2 nitrogen and oxygen atoms in total. The van der Waals surface area contributed by atoms with Gasteiger partial charge in [-0.3, -0.25) is 0 Å². The highest BCUT2D eigenvalue weighted by Crippen LogP contribution is 2.29. The molecule has 0 aliphatic carbocycles. The van der Waals surface area contributed by atoms with Crippen molar-refractivity contribution in [3.05, 3.63) is 29.1 Å². The number of hydrogen-bond donors (Lipinski definition) is 1. The van der Waals surface area contributed by atoms with Gasteiger partial charge in [-0.15, -0.1) is 0 Å². The molecule has 0 aromatic heterocycles. The van der Waals surface area contributed by atoms with Crippen LogP contribution in [0.3, 0.4) is 0 Å². The van der Waals surface area contributed by atoms with E-state index in [2.05, 4.69) is 0 Å². The molecule has 2 rings (SSSR count). The van der Waals surface area contributed by atoms with Crippen molar-refractivity contribution < 1.29 is 14.2 Å². The zero-order chi connectivity index (χ0) is 10.1. The first-order chi connectivity index (χ1) is 6.68. The minimum atomic E-state index is -0.509. The quantitative estimate of drug-likeness (QED) is 0.779. The van der Waals surface area contributed by atoms with Gasteiger partial charge >= 0.3 is 0 Å². The third-order valence-electron chi connectivity index (χ3n) is 2.41. The van der Waals surface area contributed by atoms with Crippen LogP contribution in [-0.2, 0) is 12.8 Å². The molecule has 0 radical (unpaired) electrons. The van der Waals surface area contributed by atoms with Crippen LogP contribution in [0.1, 0.15) is 18.1 Å². The highest BCUT2D eigenvalue weighted by atomic mass is 19.1. The lowest BCUT2D eigenvalue weighted by molar-refractivity contribution is 0.194. The van der Waals surface area contributed by atoms with E-state index in [9.17, 15) is 9.50 Å². The van der Waals surface area contributed by atoms with Crippen molar-refractivity contribution in [3.63, 3.8) is 0 Å². The molecule has 1 aromatic carbocycles. The first-order valence-corrected chi connectivity index (χ1v) is 4.79. The minimum absolute atomic E-state index is 0.207. The summed E-state index contributed by atoms with van der Waals surface area (Å²) in [5.74, 6) is 0.442. The molecule has 0 saturated heterocycles. The van der Waals surface area contributed by atoms with Gasteiger partial charge in [-0.25, -0.2) is 4.39 Å². The number of aliphatic hydroxyl groups excluding tert-OH is 1. The smallest absolute Gasteiger partial charge is 0.133 e. The summed E-state index contributed by atoms with van der Waals surface area (Å²) in [7, 11) is 0. The predicted octanol–water partition coefficient (Wildman–Crippen LogP) is 1.68. The molecule has 76 valence electrons. The van der Waals surface area contributed by atoms with E-state index in [1.807, 2.05) is 0 Å². The van der Waals surface area contributed by atoms with Crippen molar-refractivity contribution in [2.45, 2.75) is 25.9 Å². The lowest BCUT2D eigenvalue weighted by Gasteiger charge is -2.08. The summed E-state index contributed by atoms with van der Waals surface area (Å²) in [6.45, 7) is 2.22. The monoisotopic (exact) mass is 196 g/mol. The van der Waals surface area contributed by atoms with Crippen molar-refractivity contribution in [2.24, 2.45) is 0 Å². The van der Waals surface area contributed by atoms with Gasteiger partial charge in [-0.05, 0) is 18.6 Å². The number of aliphatic hydroxyl groups is 1. The van der Waals surface area contributed by atoms with Gasteiger partial charge in [0.15, 0.2) is 0 Å². The number of fused-ring (bicyclic) bond motifs is 1. The van der Waals surface area contributed by atoms with Gasteiger partial charge < -0.3 is 9.84 Å². The fraction of sp³-hybridized carbons (Fsp3) is 0.455. The number of hydrogen-bond acceptors (Lipinski definition) is 2. The van der Waals surface area contributed by atoms with Crippen LogP contribution >= 0.6 is 0 Å². The maximum atomic E-state index is 13.7. The largest absolute Gasteiger partial charge is 0.493 e. The minimum Gasteiger partial charge on any atom is -0.493 e. The molecule has 1 atom stereocenters. The topological polar surface area (TPSA) is 29.5 Å². The molecule has 1 heterocycles. The predicted molar refractivity (Wildman–Crippen MR) is 51.0 cm³/mol. The van der Waals surface area contributed by atoms with E-state index < -0.39 is 6.10 Å². The second-order valence-corrected chi connectivity index (χ2v) is 3.67. The molecule has 14 heavy (non-hydrogen) atoms. The lowest BCUT2D eigenvalue weighted by Crippen LogP contribution is -2.06. The Balaban J connectivity index is 2.35. The number of halogens is 1. The first kappa shape index (κ1) is 9.46. The normalized spacial score (nSPS) is 16.2. The fourth-order valence-corrected chi connectivity index (χ4v) is 1.76. The Morgan fingerprint density at radius 1 is 1.57 bits per heavy atom. The van der Waals surface area contributed by atoms with E-state index in [1.54, 1.807) is 19.1 Å². The van der Waals surface area contributed by atoms with Crippen LogP contribution in [0, 0.1) is 5.82 Å². The number of benzene rings is 1. The van der Waals surface area contributed by atoms with Crippen LogP contribution in [-0.4, -0.2) is 17.8 Å². The molecular formula is C11H13FO2. The van der Waals surface area contributed by atoms with Gasteiger partial charge in [0.1, 0.15) is 11.6 Å². The van der Waals surface area contributed by atoms with Crippen LogP contribution in [0.2, 0.25) is 0 Å². The van der Waals surface area contributed by atoms with Crippen molar-refractivity contribution in [3.8, 4) is 5.75 Å². The Hall–Kier alpha value is -1.09. The molecule has 1 unspecified atom stereocenters. The van der Waals surface area contributed by atoms with Crippen LogP contribution in [0.15, 0.2) is 12.1 Å². The fourth-order valence-electron chi connectivity index (χ4n) is 1.76. The summed E-state index contributed by atoms with van der Waals surface area (Å²) < 4.78 is 19.0. The summed E-state index contributed by atoms with van der Waals surface area (Å²) in [5.41, 5.74) is 1.23. The van der Waals surface area contributed by atoms with Gasteiger partial charge in [-0.2, -0.15) is 0 Å². The summed E-state index contributed by atoms with van der Waals surface area (Å²) in [5, 5.41) is 9.18. The highest BCUT2D eigenvalue weighted by Gasteiger charge is 2.19. The van der Waals surface area contributed by atoms with E-state index >= 15 is 0 Å². The summed E-state index contributed by atoms with van der Waals surface area (Å²) in [4.78, 5) is 0. The van der Waals surface area contributed by atoms with Crippen LogP contribution in [0.25, 0.3) is 0 Å². The zero-order valence-corrected chi connectivity index (χ0v) is 8.09. The van der Waals surface area contributed by atoms with Gasteiger partial charge in [0.25, 0.3) is 0 Å². The molecule has 0 bridgehead atoms. The van der Waals surface area contributed by atoms with Gasteiger partial charge in [-0.1, -0.05) is 6.07 Å². The SMILES string of the molecule is CC(O)Cc1ccc2c(c1F)CCO2. The molecular weight excluding hydrogens is 183 g/mol. The Kier molecular flexibility index (Phi) is 2.42. The number of ether oxygens (including phenoxy) is 1. The molecule has 1 N–H and O–H groups in total. The van der Waals surface area contributed by atoms with Crippen LogP contribution < -0.4 is 4.74 Å². The third kappa shape index (κ3) is 1.60. The van der Waals surface area contributed by atoms with E-state index in [-0.39, 0.29) is 5.82 Å². The molecule has 0 saturated carbocycles. The average Bonchev–Trinajstić information content (AvgIpc) is 2.57. The van der Waals surface area contributed by atoms with Crippen LogP contribution in [0.5, 0.6) is 5.75 Å². The van der Waals surface area contributed by atoms with Gasteiger partial charge in [0, 0.05) is 18.4 Å². The molecule has 3 heteroatoms. The highest BCUT2D eigenvalue weighted by molar-refractivity contribution is 5.41. The molecule has 0 fully saturated rings. The Morgan fingerprint density at radius 2 is 2.36 bits per heavy atom. The van der Waals surface area contributed by atoms with Crippen molar-refractivity contribution in [1.82, 2.24) is 0 Å². The second kappa shape index (κ2) is 3.58. The van der Waals surface area contributed by atoms with Crippen LogP contribution in [0.4, 0.5) is 4.39 Å². The lowest BCUT2D eigenvalue weighted by atomic mass is 10.0. The van der Waals surface area contributed by atoms with Crippen molar-refractivity contribution in [2.75, 3.05) is 6.61 Å². The number of rotatable bonds is 2. The van der Waals surface area contributed by atoms with Crippen molar-refractivity contribution >= 4 is 0 Å². The average molecular weight is 196 g/mol. The Morgan fingerprint density at radius 3 is 3.07 bits per heavy atom. The molecule has 1 aromatic rings. The van der Waals surface area contributed by atoms with E-state index in [0.717, 1.165) is 0 Å².